The van der Waals surface area contributed by atoms with Crippen LogP contribution in [0.1, 0.15) is 6.92 Å². The van der Waals surface area contributed by atoms with E-state index in [4.69, 9.17) is 9.47 Å². The Kier molecular flexibility index (Phi) is 3.98. The Balaban J connectivity index is 1.69. The van der Waals surface area contributed by atoms with Crippen LogP contribution in [0.15, 0.2) is 18.2 Å². The Labute approximate surface area is 119 Å². The molecule has 1 aromatic carbocycles. The van der Waals surface area contributed by atoms with Crippen LogP contribution < -0.4 is 14.4 Å². The molecule has 2 aliphatic heterocycles. The number of fused-ring (bicyclic) bond motifs is 1. The molecule has 1 saturated heterocycles. The number of aliphatic hydroxyl groups is 1. The minimum absolute atomic E-state index is 0.261. The molecule has 110 valence electrons. The number of hydrogen-bond donors (Lipinski definition) is 1. The number of aliphatic hydroxyl groups excluding tert-OH is 1. The van der Waals surface area contributed by atoms with Crippen LogP contribution >= 0.6 is 0 Å². The van der Waals surface area contributed by atoms with Crippen molar-refractivity contribution in [2.75, 3.05) is 50.8 Å². The maximum Gasteiger partial charge on any atom is 0.184 e. The van der Waals surface area contributed by atoms with Crippen LogP contribution in [0, 0.1) is 0 Å². The van der Waals surface area contributed by atoms with Crippen molar-refractivity contribution < 1.29 is 14.6 Å². The van der Waals surface area contributed by atoms with Crippen LogP contribution in [0.25, 0.3) is 0 Å². The molecule has 20 heavy (non-hydrogen) atoms. The first-order valence-corrected chi connectivity index (χ1v) is 7.28. The summed E-state index contributed by atoms with van der Waals surface area (Å²) in [5.41, 5.74) is 1.12. The zero-order valence-electron chi connectivity index (χ0n) is 11.9. The van der Waals surface area contributed by atoms with Gasteiger partial charge in [0.1, 0.15) is 13.2 Å². The van der Waals surface area contributed by atoms with E-state index in [9.17, 15) is 5.11 Å². The summed E-state index contributed by atoms with van der Waals surface area (Å²) >= 11 is 0. The third-order valence-electron chi connectivity index (χ3n) is 3.78. The Hall–Kier alpha value is -1.46. The summed E-state index contributed by atoms with van der Waals surface area (Å²) in [5.74, 6) is 1.72. The first kappa shape index (κ1) is 13.5. The zero-order valence-corrected chi connectivity index (χ0v) is 11.9. The van der Waals surface area contributed by atoms with Gasteiger partial charge in [0.05, 0.1) is 11.8 Å². The number of rotatable bonds is 3. The van der Waals surface area contributed by atoms with E-state index in [1.807, 2.05) is 19.1 Å². The van der Waals surface area contributed by atoms with Gasteiger partial charge in [-0.25, -0.2) is 0 Å². The SMILES string of the molecule is CC(O)CN1CCN(c2cccc3c2OCCO3)CC1. The monoisotopic (exact) mass is 278 g/mol. The summed E-state index contributed by atoms with van der Waals surface area (Å²) in [6.07, 6.45) is -0.261. The molecule has 0 spiro atoms. The van der Waals surface area contributed by atoms with Crippen LogP contribution in [0.2, 0.25) is 0 Å². The van der Waals surface area contributed by atoms with Gasteiger partial charge >= 0.3 is 0 Å². The molecule has 0 amide bonds. The van der Waals surface area contributed by atoms with Gasteiger partial charge in [0.25, 0.3) is 0 Å². The summed E-state index contributed by atoms with van der Waals surface area (Å²) in [5, 5.41) is 9.45. The zero-order chi connectivity index (χ0) is 13.9. The van der Waals surface area contributed by atoms with Crippen LogP contribution in [-0.4, -0.2) is 62.0 Å². The molecule has 1 atom stereocenters. The van der Waals surface area contributed by atoms with Gasteiger partial charge in [-0.3, -0.25) is 4.90 Å². The molecule has 1 aromatic rings. The normalized spacial score (nSPS) is 20.8. The average Bonchev–Trinajstić information content (AvgIpc) is 2.47. The minimum atomic E-state index is -0.261. The predicted octanol–water partition coefficient (Wildman–Crippen LogP) is 0.961. The lowest BCUT2D eigenvalue weighted by atomic mass is 10.2. The van der Waals surface area contributed by atoms with Crippen molar-refractivity contribution in [2.24, 2.45) is 0 Å². The Morgan fingerprint density at radius 3 is 2.65 bits per heavy atom. The molecular weight excluding hydrogens is 256 g/mol. The van der Waals surface area contributed by atoms with Crippen LogP contribution in [0.3, 0.4) is 0 Å². The van der Waals surface area contributed by atoms with E-state index in [1.165, 1.54) is 0 Å². The molecule has 0 aromatic heterocycles. The molecule has 1 N–H and O–H groups in total. The first-order chi connectivity index (χ1) is 9.74. The second-order valence-corrected chi connectivity index (χ2v) is 5.44. The highest BCUT2D eigenvalue weighted by molar-refractivity contribution is 5.65. The van der Waals surface area contributed by atoms with E-state index in [2.05, 4.69) is 15.9 Å². The molecule has 0 radical (unpaired) electrons. The molecule has 0 aliphatic carbocycles. The number of β-amino-alcohol motifs (C(OH)–C–C–N with tert-alkyl or cyclic N) is 1. The number of hydrogen-bond acceptors (Lipinski definition) is 5. The number of piperazine rings is 1. The third kappa shape index (κ3) is 2.83. The van der Waals surface area contributed by atoms with Gasteiger partial charge in [-0.1, -0.05) is 6.07 Å². The highest BCUT2D eigenvalue weighted by Gasteiger charge is 2.23. The molecule has 1 fully saturated rings. The maximum atomic E-state index is 9.45. The second-order valence-electron chi connectivity index (χ2n) is 5.44. The standard InChI is InChI=1S/C15H22N2O3/c1-12(18)11-16-5-7-17(8-6-16)13-3-2-4-14-15(13)20-10-9-19-14/h2-4,12,18H,5-11H2,1H3. The van der Waals surface area contributed by atoms with Crippen molar-refractivity contribution in [3.8, 4) is 11.5 Å². The Morgan fingerprint density at radius 2 is 1.90 bits per heavy atom. The van der Waals surface area contributed by atoms with E-state index >= 15 is 0 Å². The summed E-state index contributed by atoms with van der Waals surface area (Å²) < 4.78 is 11.4. The van der Waals surface area contributed by atoms with E-state index in [-0.39, 0.29) is 6.10 Å². The molecule has 2 aliphatic rings. The van der Waals surface area contributed by atoms with Crippen molar-refractivity contribution in [1.82, 2.24) is 4.90 Å². The number of anilines is 1. The van der Waals surface area contributed by atoms with Gasteiger partial charge in [0, 0.05) is 32.7 Å². The molecule has 2 heterocycles. The smallest absolute Gasteiger partial charge is 0.184 e. The van der Waals surface area contributed by atoms with Crippen LogP contribution in [0.4, 0.5) is 5.69 Å². The van der Waals surface area contributed by atoms with E-state index < -0.39 is 0 Å². The summed E-state index contributed by atoms with van der Waals surface area (Å²) in [7, 11) is 0. The molecule has 5 heteroatoms. The quantitative estimate of drug-likeness (QED) is 0.892. The summed E-state index contributed by atoms with van der Waals surface area (Å²) in [6, 6.07) is 6.07. The van der Waals surface area contributed by atoms with E-state index in [0.717, 1.165) is 49.9 Å². The van der Waals surface area contributed by atoms with E-state index in [0.29, 0.717) is 13.2 Å². The van der Waals surface area contributed by atoms with Gasteiger partial charge in [-0.2, -0.15) is 0 Å². The third-order valence-corrected chi connectivity index (χ3v) is 3.78. The molecule has 0 bridgehead atoms. The van der Waals surface area contributed by atoms with Crippen LogP contribution in [0.5, 0.6) is 11.5 Å². The van der Waals surface area contributed by atoms with Crippen molar-refractivity contribution in [1.29, 1.82) is 0 Å². The number of ether oxygens (including phenoxy) is 2. The Bertz CT molecular complexity index is 456. The predicted molar refractivity (Wildman–Crippen MR) is 77.8 cm³/mol. The number of benzene rings is 1. The lowest BCUT2D eigenvalue weighted by molar-refractivity contribution is 0.122. The lowest BCUT2D eigenvalue weighted by Gasteiger charge is -2.37. The van der Waals surface area contributed by atoms with Crippen LogP contribution in [-0.2, 0) is 0 Å². The highest BCUT2D eigenvalue weighted by Crippen LogP contribution is 2.39. The van der Waals surface area contributed by atoms with Crippen molar-refractivity contribution >= 4 is 5.69 Å². The summed E-state index contributed by atoms with van der Waals surface area (Å²) in [4.78, 5) is 4.64. The first-order valence-electron chi connectivity index (χ1n) is 7.28. The highest BCUT2D eigenvalue weighted by atomic mass is 16.6. The van der Waals surface area contributed by atoms with Crippen molar-refractivity contribution in [2.45, 2.75) is 13.0 Å². The minimum Gasteiger partial charge on any atom is -0.486 e. The molecule has 1 unspecified atom stereocenters. The van der Waals surface area contributed by atoms with Crippen molar-refractivity contribution in [3.05, 3.63) is 18.2 Å². The average molecular weight is 278 g/mol. The van der Waals surface area contributed by atoms with E-state index in [1.54, 1.807) is 0 Å². The van der Waals surface area contributed by atoms with Gasteiger partial charge in [-0.05, 0) is 19.1 Å². The number of para-hydroxylation sites is 1. The maximum absolute atomic E-state index is 9.45. The topological polar surface area (TPSA) is 45.2 Å². The van der Waals surface area contributed by atoms with Gasteiger partial charge < -0.3 is 19.5 Å². The molecule has 3 rings (SSSR count). The molecular formula is C15H22N2O3. The largest absolute Gasteiger partial charge is 0.486 e. The fraction of sp³-hybridized carbons (Fsp3) is 0.600. The fourth-order valence-corrected chi connectivity index (χ4v) is 2.85. The number of nitrogens with zero attached hydrogens (tertiary/aromatic N) is 2. The summed E-state index contributed by atoms with van der Waals surface area (Å²) in [6.45, 7) is 7.67. The van der Waals surface area contributed by atoms with Gasteiger partial charge in [0.15, 0.2) is 11.5 Å². The van der Waals surface area contributed by atoms with Gasteiger partial charge in [-0.15, -0.1) is 0 Å². The Morgan fingerprint density at radius 1 is 1.15 bits per heavy atom. The molecule has 0 saturated carbocycles. The molecule has 5 nitrogen and oxygen atoms in total. The van der Waals surface area contributed by atoms with Gasteiger partial charge in [0.2, 0.25) is 0 Å². The lowest BCUT2D eigenvalue weighted by Crippen LogP contribution is -2.48. The van der Waals surface area contributed by atoms with Crippen molar-refractivity contribution in [3.63, 3.8) is 0 Å². The second kappa shape index (κ2) is 5.89. The fourth-order valence-electron chi connectivity index (χ4n) is 2.85.